The van der Waals surface area contributed by atoms with Crippen LogP contribution in [0.2, 0.25) is 0 Å². The second kappa shape index (κ2) is 7.34. The molecule has 0 bridgehead atoms. The van der Waals surface area contributed by atoms with Crippen LogP contribution in [0.4, 0.5) is 8.78 Å². The first-order valence-electron chi connectivity index (χ1n) is 8.47. The summed E-state index contributed by atoms with van der Waals surface area (Å²) in [7, 11) is 1.42. The van der Waals surface area contributed by atoms with Crippen molar-refractivity contribution in [1.29, 1.82) is 0 Å². The SMILES string of the molecule is COc1ccc(-c2ccc(C(=O)N3C[C@@H](C)[C@H](C(=O)O)C3)c(F)c2)c(F)c1. The molecule has 0 aliphatic carbocycles. The summed E-state index contributed by atoms with van der Waals surface area (Å²) in [5.41, 5.74) is 0.322. The van der Waals surface area contributed by atoms with Crippen molar-refractivity contribution >= 4 is 11.9 Å². The Bertz CT molecular complexity index is 900. The minimum absolute atomic E-state index is 0.0453. The molecular formula is C20H19F2NO4. The molecule has 1 fully saturated rings. The second-order valence-electron chi connectivity index (χ2n) is 6.67. The Morgan fingerprint density at radius 1 is 1.11 bits per heavy atom. The minimum atomic E-state index is -0.969. The van der Waals surface area contributed by atoms with Gasteiger partial charge in [0.1, 0.15) is 17.4 Å². The van der Waals surface area contributed by atoms with Gasteiger partial charge in [-0.15, -0.1) is 0 Å². The number of carbonyl (C=O) groups excluding carboxylic acids is 1. The number of hydrogen-bond acceptors (Lipinski definition) is 3. The van der Waals surface area contributed by atoms with Gasteiger partial charge in [0.2, 0.25) is 0 Å². The van der Waals surface area contributed by atoms with Crippen LogP contribution in [0.3, 0.4) is 0 Å². The Morgan fingerprint density at radius 3 is 2.41 bits per heavy atom. The Kier molecular flexibility index (Phi) is 5.12. The third kappa shape index (κ3) is 3.63. The number of ether oxygens (including phenoxy) is 1. The molecule has 1 amide bonds. The molecule has 142 valence electrons. The number of amides is 1. The number of carbonyl (C=O) groups is 2. The zero-order chi connectivity index (χ0) is 19.7. The fraction of sp³-hybridized carbons (Fsp3) is 0.300. The first-order valence-corrected chi connectivity index (χ1v) is 8.47. The third-order valence-electron chi connectivity index (χ3n) is 4.90. The molecule has 0 aromatic heterocycles. The van der Waals surface area contributed by atoms with Crippen LogP contribution in [-0.2, 0) is 4.79 Å². The topological polar surface area (TPSA) is 66.8 Å². The van der Waals surface area contributed by atoms with E-state index in [-0.39, 0.29) is 30.1 Å². The molecule has 3 rings (SSSR count). The first kappa shape index (κ1) is 18.8. The summed E-state index contributed by atoms with van der Waals surface area (Å²) in [6.45, 7) is 2.05. The molecule has 1 N–H and O–H groups in total. The van der Waals surface area contributed by atoms with Gasteiger partial charge >= 0.3 is 5.97 Å². The van der Waals surface area contributed by atoms with Crippen molar-refractivity contribution in [2.24, 2.45) is 11.8 Å². The highest BCUT2D eigenvalue weighted by atomic mass is 19.1. The molecule has 0 saturated carbocycles. The largest absolute Gasteiger partial charge is 0.497 e. The van der Waals surface area contributed by atoms with Crippen LogP contribution >= 0.6 is 0 Å². The second-order valence-corrected chi connectivity index (χ2v) is 6.67. The van der Waals surface area contributed by atoms with Crippen LogP contribution < -0.4 is 4.74 Å². The van der Waals surface area contributed by atoms with Crippen molar-refractivity contribution in [3.05, 3.63) is 53.6 Å². The highest BCUT2D eigenvalue weighted by Gasteiger charge is 2.37. The number of carboxylic acids is 1. The molecule has 5 nitrogen and oxygen atoms in total. The maximum atomic E-state index is 14.6. The normalized spacial score (nSPS) is 19.2. The fourth-order valence-corrected chi connectivity index (χ4v) is 3.34. The van der Waals surface area contributed by atoms with Gasteiger partial charge in [0.15, 0.2) is 0 Å². The minimum Gasteiger partial charge on any atom is -0.497 e. The van der Waals surface area contributed by atoms with Gasteiger partial charge < -0.3 is 14.7 Å². The lowest BCUT2D eigenvalue weighted by molar-refractivity contribution is -0.142. The van der Waals surface area contributed by atoms with Gasteiger partial charge in [0.05, 0.1) is 18.6 Å². The zero-order valence-electron chi connectivity index (χ0n) is 14.9. The summed E-state index contributed by atoms with van der Waals surface area (Å²) in [4.78, 5) is 25.1. The van der Waals surface area contributed by atoms with E-state index >= 15 is 0 Å². The van der Waals surface area contributed by atoms with Gasteiger partial charge in [0, 0.05) is 24.7 Å². The van der Waals surface area contributed by atoms with Crippen molar-refractivity contribution in [1.82, 2.24) is 4.90 Å². The molecule has 7 heteroatoms. The number of aliphatic carboxylic acids is 1. The smallest absolute Gasteiger partial charge is 0.308 e. The van der Waals surface area contributed by atoms with Crippen LogP contribution in [0.25, 0.3) is 11.1 Å². The molecule has 1 aliphatic heterocycles. The Labute approximate surface area is 155 Å². The lowest BCUT2D eigenvalue weighted by Crippen LogP contribution is -2.30. The summed E-state index contributed by atoms with van der Waals surface area (Å²) in [5, 5.41) is 9.18. The number of rotatable bonds is 4. The van der Waals surface area contributed by atoms with Crippen LogP contribution in [-0.4, -0.2) is 42.1 Å². The lowest BCUT2D eigenvalue weighted by atomic mass is 9.99. The van der Waals surface area contributed by atoms with Crippen molar-refractivity contribution in [2.75, 3.05) is 20.2 Å². The van der Waals surface area contributed by atoms with Crippen LogP contribution in [0, 0.1) is 23.5 Å². The summed E-state index contributed by atoms with van der Waals surface area (Å²) in [6.07, 6.45) is 0. The predicted octanol–water partition coefficient (Wildman–Crippen LogP) is 3.43. The molecule has 0 unspecified atom stereocenters. The van der Waals surface area contributed by atoms with E-state index in [1.165, 1.54) is 36.3 Å². The molecule has 2 atom stereocenters. The predicted molar refractivity (Wildman–Crippen MR) is 94.5 cm³/mol. The number of benzene rings is 2. The van der Waals surface area contributed by atoms with Gasteiger partial charge in [0.25, 0.3) is 5.91 Å². The molecular weight excluding hydrogens is 356 g/mol. The van der Waals surface area contributed by atoms with E-state index in [1.54, 1.807) is 13.0 Å². The van der Waals surface area contributed by atoms with E-state index in [4.69, 9.17) is 4.74 Å². The molecule has 0 spiro atoms. The number of hydrogen-bond donors (Lipinski definition) is 1. The number of likely N-dealkylation sites (tertiary alicyclic amines) is 1. The average Bonchev–Trinajstić information content (AvgIpc) is 3.03. The van der Waals surface area contributed by atoms with Crippen molar-refractivity contribution in [3.8, 4) is 16.9 Å². The highest BCUT2D eigenvalue weighted by molar-refractivity contribution is 5.95. The van der Waals surface area contributed by atoms with E-state index in [9.17, 15) is 23.5 Å². The monoisotopic (exact) mass is 375 g/mol. The van der Waals surface area contributed by atoms with E-state index in [1.807, 2.05) is 0 Å². The molecule has 0 radical (unpaired) electrons. The Hall–Kier alpha value is -2.96. The fourth-order valence-electron chi connectivity index (χ4n) is 3.34. The van der Waals surface area contributed by atoms with Crippen molar-refractivity contribution < 1.29 is 28.2 Å². The van der Waals surface area contributed by atoms with Gasteiger partial charge in [-0.1, -0.05) is 13.0 Å². The summed E-state index contributed by atoms with van der Waals surface area (Å²) >= 11 is 0. The van der Waals surface area contributed by atoms with Gasteiger partial charge in [-0.2, -0.15) is 0 Å². The standard InChI is InChI=1S/C20H19F2NO4/c1-11-9-23(10-16(11)20(25)26)19(24)15-5-3-12(7-17(15)21)14-6-4-13(27-2)8-18(14)22/h3-8,11,16H,9-10H2,1-2H3,(H,25,26)/t11-,16-/m1/s1. The molecule has 1 saturated heterocycles. The van der Waals surface area contributed by atoms with Crippen LogP contribution in [0.15, 0.2) is 36.4 Å². The summed E-state index contributed by atoms with van der Waals surface area (Å²) < 4.78 is 33.7. The maximum Gasteiger partial charge on any atom is 0.308 e. The van der Waals surface area contributed by atoms with Gasteiger partial charge in [-0.3, -0.25) is 9.59 Å². The zero-order valence-corrected chi connectivity index (χ0v) is 14.9. The quantitative estimate of drug-likeness (QED) is 0.889. The maximum absolute atomic E-state index is 14.6. The van der Waals surface area contributed by atoms with Crippen LogP contribution in [0.1, 0.15) is 17.3 Å². The van der Waals surface area contributed by atoms with E-state index in [0.717, 1.165) is 6.07 Å². The summed E-state index contributed by atoms with van der Waals surface area (Å²) in [5.74, 6) is -3.40. The van der Waals surface area contributed by atoms with Gasteiger partial charge in [-0.05, 0) is 35.7 Å². The van der Waals surface area contributed by atoms with Crippen molar-refractivity contribution in [2.45, 2.75) is 6.92 Å². The van der Waals surface area contributed by atoms with E-state index in [0.29, 0.717) is 11.3 Å². The highest BCUT2D eigenvalue weighted by Crippen LogP contribution is 2.29. The number of nitrogens with zero attached hydrogens (tertiary/aromatic N) is 1. The Morgan fingerprint density at radius 2 is 1.85 bits per heavy atom. The molecule has 1 heterocycles. The molecule has 1 aliphatic rings. The van der Waals surface area contributed by atoms with Crippen molar-refractivity contribution in [3.63, 3.8) is 0 Å². The molecule has 2 aromatic carbocycles. The number of methoxy groups -OCH3 is 1. The summed E-state index contributed by atoms with van der Waals surface area (Å²) in [6, 6.07) is 8.11. The lowest BCUT2D eigenvalue weighted by Gasteiger charge is -2.17. The number of halogens is 2. The molecule has 27 heavy (non-hydrogen) atoms. The molecule has 2 aromatic rings. The number of carboxylic acid groups (broad SMARTS) is 1. The van der Waals surface area contributed by atoms with Crippen LogP contribution in [0.5, 0.6) is 5.75 Å². The van der Waals surface area contributed by atoms with E-state index in [2.05, 4.69) is 0 Å². The van der Waals surface area contributed by atoms with Gasteiger partial charge in [-0.25, -0.2) is 8.78 Å². The average molecular weight is 375 g/mol. The first-order chi connectivity index (χ1) is 12.8. The van der Waals surface area contributed by atoms with E-state index < -0.39 is 29.4 Å². The Balaban J connectivity index is 1.85. The third-order valence-corrected chi connectivity index (χ3v) is 4.90.